The van der Waals surface area contributed by atoms with E-state index in [0.29, 0.717) is 29.9 Å². The van der Waals surface area contributed by atoms with E-state index in [1.807, 2.05) is 0 Å². The molecule has 0 atom stereocenters. The number of hydrogen-bond donors (Lipinski definition) is 3. The number of rotatable bonds is 7. The van der Waals surface area contributed by atoms with E-state index in [4.69, 9.17) is 12.2 Å². The quantitative estimate of drug-likeness (QED) is 0.603. The molecule has 0 saturated carbocycles. The third-order valence-electron chi connectivity index (χ3n) is 2.02. The summed E-state index contributed by atoms with van der Waals surface area (Å²) in [6.45, 7) is 10.5. The average molecular weight is 259 g/mol. The lowest BCUT2D eigenvalue weighted by Crippen LogP contribution is -2.39. The zero-order chi connectivity index (χ0) is 13.3. The molecule has 1 amide bonds. The number of thiocarbonyl (C=S) groups is 1. The van der Waals surface area contributed by atoms with Gasteiger partial charge in [0.1, 0.15) is 0 Å². The van der Waals surface area contributed by atoms with Crippen molar-refractivity contribution in [3.8, 4) is 0 Å². The second-order valence-corrected chi connectivity index (χ2v) is 5.39. The van der Waals surface area contributed by atoms with Crippen LogP contribution in [0.5, 0.6) is 0 Å². The molecule has 4 nitrogen and oxygen atoms in total. The molecule has 17 heavy (non-hydrogen) atoms. The van der Waals surface area contributed by atoms with Crippen molar-refractivity contribution in [2.45, 2.75) is 34.1 Å². The minimum absolute atomic E-state index is 0.0675. The van der Waals surface area contributed by atoms with Crippen LogP contribution in [0.15, 0.2) is 0 Å². The molecule has 100 valence electrons. The highest BCUT2D eigenvalue weighted by atomic mass is 32.1. The second kappa shape index (κ2) is 9.22. The molecule has 0 radical (unpaired) electrons. The van der Waals surface area contributed by atoms with Crippen LogP contribution in [-0.2, 0) is 4.79 Å². The van der Waals surface area contributed by atoms with Crippen LogP contribution >= 0.6 is 12.2 Å². The molecular weight excluding hydrogens is 234 g/mol. The minimum atomic E-state index is 0.0675. The van der Waals surface area contributed by atoms with Crippen molar-refractivity contribution in [2.75, 3.05) is 19.6 Å². The van der Waals surface area contributed by atoms with Gasteiger partial charge in [0.2, 0.25) is 5.91 Å². The first-order valence-electron chi connectivity index (χ1n) is 6.20. The van der Waals surface area contributed by atoms with Gasteiger partial charge in [-0.1, -0.05) is 27.7 Å². The van der Waals surface area contributed by atoms with Crippen LogP contribution < -0.4 is 16.0 Å². The van der Waals surface area contributed by atoms with Crippen molar-refractivity contribution in [1.29, 1.82) is 0 Å². The Bertz CT molecular complexity index is 218. The molecule has 0 aromatic carbocycles. The lowest BCUT2D eigenvalue weighted by atomic mass is 10.2. The van der Waals surface area contributed by atoms with E-state index in [1.54, 1.807) is 0 Å². The molecule has 0 saturated heterocycles. The van der Waals surface area contributed by atoms with Gasteiger partial charge in [-0.05, 0) is 24.1 Å². The summed E-state index contributed by atoms with van der Waals surface area (Å²) in [6.07, 6.45) is 0.455. The maximum absolute atomic E-state index is 11.4. The van der Waals surface area contributed by atoms with E-state index in [1.165, 1.54) is 0 Å². The Morgan fingerprint density at radius 1 is 1.00 bits per heavy atom. The molecule has 0 unspecified atom stereocenters. The van der Waals surface area contributed by atoms with E-state index in [-0.39, 0.29) is 5.91 Å². The fourth-order valence-corrected chi connectivity index (χ4v) is 1.24. The smallest absolute Gasteiger partial charge is 0.221 e. The van der Waals surface area contributed by atoms with Gasteiger partial charge in [-0.25, -0.2) is 0 Å². The van der Waals surface area contributed by atoms with E-state index in [2.05, 4.69) is 43.6 Å². The Labute approximate surface area is 110 Å². The third-order valence-corrected chi connectivity index (χ3v) is 2.30. The lowest BCUT2D eigenvalue weighted by molar-refractivity contribution is -0.121. The molecule has 0 aliphatic carbocycles. The van der Waals surface area contributed by atoms with Gasteiger partial charge in [0.15, 0.2) is 5.11 Å². The number of carbonyl (C=O) groups excluding carboxylic acids is 1. The lowest BCUT2D eigenvalue weighted by Gasteiger charge is -2.12. The summed E-state index contributed by atoms with van der Waals surface area (Å²) in [5, 5.41) is 9.59. The second-order valence-electron chi connectivity index (χ2n) is 4.98. The summed E-state index contributed by atoms with van der Waals surface area (Å²) < 4.78 is 0. The van der Waals surface area contributed by atoms with E-state index in [0.717, 1.165) is 13.1 Å². The molecular formula is C12H25N3OS. The monoisotopic (exact) mass is 259 g/mol. The molecule has 3 N–H and O–H groups in total. The predicted octanol–water partition coefficient (Wildman–Crippen LogP) is 1.27. The summed E-state index contributed by atoms with van der Waals surface area (Å²) >= 11 is 5.08. The summed E-state index contributed by atoms with van der Waals surface area (Å²) in [5.41, 5.74) is 0. The molecule has 0 aromatic rings. The minimum Gasteiger partial charge on any atom is -0.362 e. The highest BCUT2D eigenvalue weighted by molar-refractivity contribution is 7.80. The van der Waals surface area contributed by atoms with Crippen LogP contribution in [0.25, 0.3) is 0 Å². The molecule has 5 heteroatoms. The van der Waals surface area contributed by atoms with Crippen LogP contribution in [0.4, 0.5) is 0 Å². The van der Waals surface area contributed by atoms with Crippen LogP contribution in [0, 0.1) is 11.8 Å². The SMILES string of the molecule is CC(C)CNC(=O)CCNC(=S)NCC(C)C. The van der Waals surface area contributed by atoms with Crippen molar-refractivity contribution >= 4 is 23.2 Å². The Morgan fingerprint density at radius 2 is 1.53 bits per heavy atom. The molecule has 0 rings (SSSR count). The van der Waals surface area contributed by atoms with Gasteiger partial charge in [0.25, 0.3) is 0 Å². The standard InChI is InChI=1S/C12H25N3OS/c1-9(2)7-14-11(16)5-6-13-12(17)15-8-10(3)4/h9-10H,5-8H2,1-4H3,(H,14,16)(H2,13,15,17). The van der Waals surface area contributed by atoms with Crippen molar-refractivity contribution in [3.63, 3.8) is 0 Å². The first-order valence-corrected chi connectivity index (χ1v) is 6.61. The topological polar surface area (TPSA) is 53.2 Å². The van der Waals surface area contributed by atoms with Gasteiger partial charge in [-0.2, -0.15) is 0 Å². The molecule has 0 bridgehead atoms. The fraction of sp³-hybridized carbons (Fsp3) is 0.833. The fourth-order valence-electron chi connectivity index (χ4n) is 1.06. The van der Waals surface area contributed by atoms with Crippen LogP contribution in [-0.4, -0.2) is 30.7 Å². The molecule has 0 spiro atoms. The van der Waals surface area contributed by atoms with Crippen molar-refractivity contribution in [1.82, 2.24) is 16.0 Å². The van der Waals surface area contributed by atoms with E-state index < -0.39 is 0 Å². The summed E-state index contributed by atoms with van der Waals surface area (Å²) in [7, 11) is 0. The first-order chi connectivity index (χ1) is 7.91. The Morgan fingerprint density at radius 3 is 2.06 bits per heavy atom. The van der Waals surface area contributed by atoms with Crippen molar-refractivity contribution < 1.29 is 4.79 Å². The summed E-state index contributed by atoms with van der Waals surface area (Å²) in [5.74, 6) is 1.11. The Kier molecular flexibility index (Phi) is 8.76. The Balaban J connectivity index is 3.49. The zero-order valence-corrected chi connectivity index (χ0v) is 12.1. The Hall–Kier alpha value is -0.840. The van der Waals surface area contributed by atoms with Crippen molar-refractivity contribution in [2.24, 2.45) is 11.8 Å². The molecule has 0 aliphatic rings. The largest absolute Gasteiger partial charge is 0.362 e. The third kappa shape index (κ3) is 11.4. The highest BCUT2D eigenvalue weighted by Crippen LogP contribution is 1.88. The van der Waals surface area contributed by atoms with Crippen LogP contribution in [0.3, 0.4) is 0 Å². The number of amides is 1. The maximum atomic E-state index is 11.4. The number of hydrogen-bond acceptors (Lipinski definition) is 2. The first kappa shape index (κ1) is 16.2. The molecule has 0 fully saturated rings. The zero-order valence-electron chi connectivity index (χ0n) is 11.3. The molecule has 0 aliphatic heterocycles. The van der Waals surface area contributed by atoms with Gasteiger partial charge in [-0.15, -0.1) is 0 Å². The van der Waals surface area contributed by atoms with E-state index in [9.17, 15) is 4.79 Å². The normalized spacial score (nSPS) is 10.5. The summed E-state index contributed by atoms with van der Waals surface area (Å²) in [4.78, 5) is 11.4. The van der Waals surface area contributed by atoms with Gasteiger partial charge in [0, 0.05) is 26.1 Å². The van der Waals surface area contributed by atoms with Gasteiger partial charge in [-0.3, -0.25) is 4.79 Å². The van der Waals surface area contributed by atoms with Gasteiger partial charge in [0.05, 0.1) is 0 Å². The highest BCUT2D eigenvalue weighted by Gasteiger charge is 2.02. The van der Waals surface area contributed by atoms with E-state index >= 15 is 0 Å². The van der Waals surface area contributed by atoms with Gasteiger partial charge < -0.3 is 16.0 Å². The maximum Gasteiger partial charge on any atom is 0.221 e. The predicted molar refractivity (Wildman–Crippen MR) is 75.9 cm³/mol. The van der Waals surface area contributed by atoms with Gasteiger partial charge >= 0.3 is 0 Å². The van der Waals surface area contributed by atoms with Crippen molar-refractivity contribution in [3.05, 3.63) is 0 Å². The summed E-state index contributed by atoms with van der Waals surface area (Å²) in [6, 6.07) is 0. The average Bonchev–Trinajstić information content (AvgIpc) is 2.23. The molecule has 0 heterocycles. The van der Waals surface area contributed by atoms with Crippen LogP contribution in [0.2, 0.25) is 0 Å². The van der Waals surface area contributed by atoms with Crippen LogP contribution in [0.1, 0.15) is 34.1 Å². The molecule has 0 aromatic heterocycles. The number of carbonyl (C=O) groups is 1. The number of nitrogens with one attached hydrogen (secondary N) is 3.